The van der Waals surface area contributed by atoms with Gasteiger partial charge in [0, 0.05) is 6.92 Å². The maximum absolute atomic E-state index is 13.5. The van der Waals surface area contributed by atoms with Crippen LogP contribution in [-0.2, 0) is 25.6 Å². The number of amides is 1. The first-order chi connectivity index (χ1) is 15.2. The lowest BCUT2D eigenvalue weighted by molar-refractivity contribution is -0.147. The first-order valence-electron chi connectivity index (χ1n) is 10.0. The summed E-state index contributed by atoms with van der Waals surface area (Å²) in [5, 5.41) is 8.62. The predicted molar refractivity (Wildman–Crippen MR) is 121 cm³/mol. The number of hydrogen-bond donors (Lipinski definition) is 2. The van der Waals surface area contributed by atoms with E-state index in [1.165, 1.54) is 11.8 Å². The van der Waals surface area contributed by atoms with Crippen molar-refractivity contribution in [2.24, 2.45) is 5.73 Å². The molecule has 0 spiro atoms. The van der Waals surface area contributed by atoms with E-state index in [-0.39, 0.29) is 24.6 Å². The Balaban J connectivity index is 1.96. The fourth-order valence-electron chi connectivity index (χ4n) is 3.50. The average Bonchev–Trinajstić information content (AvgIpc) is 2.91. The molecule has 0 saturated heterocycles. The number of nitrogens with two attached hydrogens (primary N) is 1. The molecule has 9 heteroatoms. The Morgan fingerprint density at radius 3 is 2.47 bits per heavy atom. The van der Waals surface area contributed by atoms with E-state index in [0.717, 1.165) is 17.3 Å². The van der Waals surface area contributed by atoms with Crippen molar-refractivity contribution in [3.05, 3.63) is 60.2 Å². The van der Waals surface area contributed by atoms with Crippen LogP contribution >= 0.6 is 11.8 Å². The van der Waals surface area contributed by atoms with Crippen molar-refractivity contribution >= 4 is 40.2 Å². The number of thioether (sulfide) groups is 1. The number of benzene rings is 2. The summed E-state index contributed by atoms with van der Waals surface area (Å²) in [5.74, 6) is -2.40. The van der Waals surface area contributed by atoms with Gasteiger partial charge in [0.15, 0.2) is 16.4 Å². The Morgan fingerprint density at radius 2 is 1.81 bits per heavy atom. The monoisotopic (exact) mass is 456 g/mol. The van der Waals surface area contributed by atoms with E-state index in [2.05, 4.69) is 0 Å². The van der Waals surface area contributed by atoms with Crippen LogP contribution in [0.2, 0.25) is 0 Å². The second-order valence-electron chi connectivity index (χ2n) is 7.47. The number of Topliss-reactive ketones (excluding diaryl/α,β-unsaturated/α-hetero) is 1. The highest BCUT2D eigenvalue weighted by molar-refractivity contribution is 8.14. The highest BCUT2D eigenvalue weighted by atomic mass is 32.2. The van der Waals surface area contributed by atoms with Gasteiger partial charge in [-0.15, -0.1) is 0 Å². The molecular formula is C23H24N2O6S. The highest BCUT2D eigenvalue weighted by Gasteiger charge is 2.48. The van der Waals surface area contributed by atoms with Crippen molar-refractivity contribution in [3.63, 3.8) is 0 Å². The maximum Gasteiger partial charge on any atom is 0.333 e. The molecule has 3 rings (SSSR count). The third-order valence-corrected chi connectivity index (χ3v) is 6.12. The minimum Gasteiger partial charge on any atom is -0.491 e. The minimum atomic E-state index is -2.42. The molecule has 1 amide bonds. The first kappa shape index (κ1) is 23.5. The number of anilines is 1. The van der Waals surface area contributed by atoms with Crippen molar-refractivity contribution in [2.45, 2.75) is 30.6 Å². The molecule has 1 aliphatic heterocycles. The molecule has 0 aliphatic carbocycles. The Labute approximate surface area is 189 Å². The third-order valence-electron chi connectivity index (χ3n) is 5.12. The van der Waals surface area contributed by atoms with Gasteiger partial charge < -0.3 is 20.5 Å². The molecular weight excluding hydrogens is 432 g/mol. The van der Waals surface area contributed by atoms with Gasteiger partial charge in [0.25, 0.3) is 0 Å². The molecule has 1 heterocycles. The summed E-state index contributed by atoms with van der Waals surface area (Å²) >= 11 is 0.739. The number of para-hydroxylation sites is 2. The van der Waals surface area contributed by atoms with Crippen LogP contribution < -0.4 is 15.4 Å². The Kier molecular flexibility index (Phi) is 7.32. The van der Waals surface area contributed by atoms with Crippen molar-refractivity contribution in [1.82, 2.24) is 0 Å². The van der Waals surface area contributed by atoms with Crippen LogP contribution in [0, 0.1) is 0 Å². The zero-order chi connectivity index (χ0) is 23.3. The van der Waals surface area contributed by atoms with E-state index < -0.39 is 35.0 Å². The van der Waals surface area contributed by atoms with Crippen LogP contribution in [0.3, 0.4) is 0 Å². The minimum absolute atomic E-state index is 0.00814. The zero-order valence-corrected chi connectivity index (χ0v) is 18.3. The van der Waals surface area contributed by atoms with Crippen LogP contribution in [0.25, 0.3) is 0 Å². The summed E-state index contributed by atoms with van der Waals surface area (Å²) in [7, 11) is 0. The van der Waals surface area contributed by atoms with Crippen LogP contribution in [0.15, 0.2) is 54.6 Å². The number of aliphatic carboxylic acids is 1. The first-order valence-corrected chi connectivity index (χ1v) is 10.9. The molecule has 0 radical (unpaired) electrons. The van der Waals surface area contributed by atoms with Crippen molar-refractivity contribution in [2.75, 3.05) is 18.1 Å². The number of hydrogen-bond acceptors (Lipinski definition) is 7. The largest absolute Gasteiger partial charge is 0.491 e. The molecule has 2 aromatic carbocycles. The number of nitrogens with zero attached hydrogens (tertiary/aromatic N) is 1. The van der Waals surface area contributed by atoms with Crippen LogP contribution in [0.1, 0.15) is 18.9 Å². The van der Waals surface area contributed by atoms with Gasteiger partial charge in [-0.1, -0.05) is 54.2 Å². The molecule has 0 aromatic heterocycles. The number of carbonyl (C=O) groups is 4. The van der Waals surface area contributed by atoms with E-state index in [1.807, 2.05) is 6.07 Å². The van der Waals surface area contributed by atoms with E-state index >= 15 is 0 Å². The highest BCUT2D eigenvalue weighted by Crippen LogP contribution is 2.33. The smallest absolute Gasteiger partial charge is 0.333 e. The third kappa shape index (κ3) is 5.17. The van der Waals surface area contributed by atoms with Gasteiger partial charge in [0.1, 0.15) is 5.75 Å². The number of ketones is 1. The Morgan fingerprint density at radius 1 is 1.16 bits per heavy atom. The SMILES string of the molecule is CC(=O)SC(Cc1ccccc1)C(=O)C(N)(CN1C(=O)CCOc2ccccc21)C(=O)O. The van der Waals surface area contributed by atoms with E-state index in [1.54, 1.807) is 48.5 Å². The van der Waals surface area contributed by atoms with Gasteiger partial charge in [-0.05, 0) is 24.1 Å². The van der Waals surface area contributed by atoms with E-state index in [4.69, 9.17) is 10.5 Å². The van der Waals surface area contributed by atoms with E-state index in [9.17, 15) is 24.3 Å². The quantitative estimate of drug-likeness (QED) is 0.578. The number of rotatable bonds is 8. The topological polar surface area (TPSA) is 127 Å². The molecule has 1 aliphatic rings. The number of ether oxygens (including phenoxy) is 1. The van der Waals surface area contributed by atoms with Gasteiger partial charge in [-0.2, -0.15) is 0 Å². The molecule has 168 valence electrons. The molecule has 32 heavy (non-hydrogen) atoms. The van der Waals surface area contributed by atoms with Gasteiger partial charge in [-0.3, -0.25) is 14.4 Å². The molecule has 2 atom stereocenters. The summed E-state index contributed by atoms with van der Waals surface area (Å²) in [4.78, 5) is 51.5. The normalized spacial score (nSPS) is 16.2. The lowest BCUT2D eigenvalue weighted by Gasteiger charge is -2.33. The molecule has 2 unspecified atom stereocenters. The number of carboxylic acids is 1. The molecule has 0 saturated carbocycles. The fraction of sp³-hybridized carbons (Fsp3) is 0.304. The summed E-state index contributed by atoms with van der Waals surface area (Å²) < 4.78 is 5.58. The van der Waals surface area contributed by atoms with E-state index in [0.29, 0.717) is 11.4 Å². The number of fused-ring (bicyclic) bond motifs is 1. The van der Waals surface area contributed by atoms with Gasteiger partial charge >= 0.3 is 5.97 Å². The lowest BCUT2D eigenvalue weighted by atomic mass is 9.89. The Bertz CT molecular complexity index is 1030. The second-order valence-corrected chi connectivity index (χ2v) is 8.85. The summed E-state index contributed by atoms with van der Waals surface area (Å²) in [6, 6.07) is 15.6. The summed E-state index contributed by atoms with van der Waals surface area (Å²) in [5.41, 5.74) is 4.89. The Hall–Kier alpha value is -3.17. The van der Waals surface area contributed by atoms with Crippen molar-refractivity contribution in [1.29, 1.82) is 0 Å². The number of carboxylic acid groups (broad SMARTS) is 1. The van der Waals surface area contributed by atoms with Crippen LogP contribution in [0.5, 0.6) is 5.75 Å². The van der Waals surface area contributed by atoms with Gasteiger partial charge in [0.05, 0.1) is 30.5 Å². The molecule has 8 nitrogen and oxygen atoms in total. The van der Waals surface area contributed by atoms with Gasteiger partial charge in [-0.25, -0.2) is 4.79 Å². The fourth-order valence-corrected chi connectivity index (χ4v) is 4.49. The number of carbonyl (C=O) groups excluding carboxylic acids is 3. The lowest BCUT2D eigenvalue weighted by Crippen LogP contribution is -2.65. The van der Waals surface area contributed by atoms with Gasteiger partial charge in [0.2, 0.25) is 5.91 Å². The second kappa shape index (κ2) is 9.97. The molecule has 0 fully saturated rings. The van der Waals surface area contributed by atoms with Crippen molar-refractivity contribution < 1.29 is 29.0 Å². The molecule has 3 N–H and O–H groups in total. The van der Waals surface area contributed by atoms with Crippen LogP contribution in [0.4, 0.5) is 5.69 Å². The molecule has 0 bridgehead atoms. The maximum atomic E-state index is 13.5. The standard InChI is InChI=1S/C23H24N2O6S/c1-15(26)32-19(13-16-7-3-2-4-8-16)21(28)23(24,22(29)30)14-25-17-9-5-6-10-18(17)31-12-11-20(25)27/h2-10,19H,11-14,24H2,1H3,(H,29,30). The average molecular weight is 457 g/mol. The van der Waals surface area contributed by atoms with Crippen LogP contribution in [-0.4, -0.2) is 51.8 Å². The summed E-state index contributed by atoms with van der Waals surface area (Å²) in [6.07, 6.45) is 0.137. The van der Waals surface area contributed by atoms with Crippen molar-refractivity contribution in [3.8, 4) is 5.75 Å². The zero-order valence-electron chi connectivity index (χ0n) is 17.5. The molecule has 2 aromatic rings. The predicted octanol–water partition coefficient (Wildman–Crippen LogP) is 2.04. The summed E-state index contributed by atoms with van der Waals surface area (Å²) in [6.45, 7) is 0.854.